The SMILES string of the molecule is COCC1CN(S(=O)(=O)c2ccc3c(c2)OCCO3)CC12CCNCC2. The fourth-order valence-electron chi connectivity index (χ4n) is 4.42. The molecule has 3 aliphatic rings. The van der Waals surface area contributed by atoms with Crippen LogP contribution in [0.15, 0.2) is 23.1 Å². The van der Waals surface area contributed by atoms with Crippen LogP contribution in [0.2, 0.25) is 0 Å². The summed E-state index contributed by atoms with van der Waals surface area (Å²) in [6.45, 7) is 4.43. The first-order valence-corrected chi connectivity index (χ1v) is 10.6. The van der Waals surface area contributed by atoms with Crippen molar-refractivity contribution in [3.8, 4) is 11.5 Å². The maximum Gasteiger partial charge on any atom is 0.243 e. The lowest BCUT2D eigenvalue weighted by Crippen LogP contribution is -2.43. The Labute approximate surface area is 154 Å². The van der Waals surface area contributed by atoms with Gasteiger partial charge in [-0.1, -0.05) is 0 Å². The summed E-state index contributed by atoms with van der Waals surface area (Å²) < 4.78 is 44.6. The van der Waals surface area contributed by atoms with E-state index < -0.39 is 10.0 Å². The Balaban J connectivity index is 1.61. The lowest BCUT2D eigenvalue weighted by atomic mass is 9.71. The van der Waals surface area contributed by atoms with Gasteiger partial charge in [-0.2, -0.15) is 4.31 Å². The first-order valence-electron chi connectivity index (χ1n) is 9.15. The Kier molecular flexibility index (Phi) is 4.85. The molecule has 3 heterocycles. The van der Waals surface area contributed by atoms with Crippen LogP contribution in [0.3, 0.4) is 0 Å². The fraction of sp³-hybridized carbons (Fsp3) is 0.667. The average molecular weight is 382 g/mol. The smallest absolute Gasteiger partial charge is 0.243 e. The number of nitrogens with zero attached hydrogens (tertiary/aromatic N) is 1. The number of benzene rings is 1. The van der Waals surface area contributed by atoms with Crippen LogP contribution in [-0.4, -0.2) is 65.8 Å². The van der Waals surface area contributed by atoms with Gasteiger partial charge in [-0.3, -0.25) is 0 Å². The summed E-state index contributed by atoms with van der Waals surface area (Å²) >= 11 is 0. The first kappa shape index (κ1) is 18.0. The van der Waals surface area contributed by atoms with Crippen LogP contribution in [0.5, 0.6) is 11.5 Å². The number of hydrogen-bond acceptors (Lipinski definition) is 6. The van der Waals surface area contributed by atoms with Crippen LogP contribution in [0.4, 0.5) is 0 Å². The zero-order chi connectivity index (χ0) is 18.2. The number of nitrogens with one attached hydrogen (secondary N) is 1. The topological polar surface area (TPSA) is 77.1 Å². The molecule has 144 valence electrons. The molecule has 0 saturated carbocycles. The Morgan fingerprint density at radius 2 is 1.96 bits per heavy atom. The van der Waals surface area contributed by atoms with Crippen molar-refractivity contribution < 1.29 is 22.6 Å². The van der Waals surface area contributed by atoms with Crippen molar-refractivity contribution in [3.05, 3.63) is 18.2 Å². The molecule has 1 atom stereocenters. The van der Waals surface area contributed by atoms with Crippen molar-refractivity contribution in [3.63, 3.8) is 0 Å². The number of rotatable bonds is 4. The van der Waals surface area contributed by atoms with E-state index in [-0.39, 0.29) is 16.2 Å². The van der Waals surface area contributed by atoms with Crippen LogP contribution in [0.25, 0.3) is 0 Å². The van der Waals surface area contributed by atoms with Gasteiger partial charge in [-0.15, -0.1) is 0 Å². The fourth-order valence-corrected chi connectivity index (χ4v) is 6.02. The second kappa shape index (κ2) is 6.99. The Hall–Kier alpha value is -1.35. The van der Waals surface area contributed by atoms with E-state index in [9.17, 15) is 8.42 Å². The zero-order valence-corrected chi connectivity index (χ0v) is 15.9. The molecule has 3 aliphatic heterocycles. The van der Waals surface area contributed by atoms with E-state index in [1.807, 2.05) is 0 Å². The maximum atomic E-state index is 13.3. The molecule has 1 spiro atoms. The van der Waals surface area contributed by atoms with Crippen LogP contribution >= 0.6 is 0 Å². The van der Waals surface area contributed by atoms with Crippen molar-refractivity contribution >= 4 is 10.0 Å². The molecule has 0 aliphatic carbocycles. The van der Waals surface area contributed by atoms with E-state index in [4.69, 9.17) is 14.2 Å². The molecule has 8 heteroatoms. The summed E-state index contributed by atoms with van der Waals surface area (Å²) in [6, 6.07) is 4.88. The highest BCUT2D eigenvalue weighted by Crippen LogP contribution is 2.45. The second-order valence-electron chi connectivity index (χ2n) is 7.37. The number of ether oxygens (including phenoxy) is 3. The zero-order valence-electron chi connectivity index (χ0n) is 15.1. The number of fused-ring (bicyclic) bond motifs is 1. The van der Waals surface area contributed by atoms with Gasteiger partial charge in [-0.25, -0.2) is 8.42 Å². The van der Waals surface area contributed by atoms with Gasteiger partial charge in [0.15, 0.2) is 11.5 Å². The highest BCUT2D eigenvalue weighted by molar-refractivity contribution is 7.89. The molecule has 0 bridgehead atoms. The molecule has 1 unspecified atom stereocenters. The Morgan fingerprint density at radius 1 is 1.23 bits per heavy atom. The van der Waals surface area contributed by atoms with E-state index in [0.29, 0.717) is 44.4 Å². The van der Waals surface area contributed by atoms with Gasteiger partial charge in [0.1, 0.15) is 13.2 Å². The third kappa shape index (κ3) is 3.09. The van der Waals surface area contributed by atoms with Crippen LogP contribution in [-0.2, 0) is 14.8 Å². The molecule has 0 radical (unpaired) electrons. The van der Waals surface area contributed by atoms with Gasteiger partial charge >= 0.3 is 0 Å². The minimum absolute atomic E-state index is 0.00213. The van der Waals surface area contributed by atoms with Crippen LogP contribution < -0.4 is 14.8 Å². The van der Waals surface area contributed by atoms with Gasteiger partial charge in [-0.05, 0) is 43.5 Å². The molecule has 2 fully saturated rings. The summed E-state index contributed by atoms with van der Waals surface area (Å²) in [4.78, 5) is 0.268. The van der Waals surface area contributed by atoms with Crippen LogP contribution in [0.1, 0.15) is 12.8 Å². The minimum Gasteiger partial charge on any atom is -0.486 e. The third-order valence-corrected chi connectivity index (χ3v) is 7.71. The quantitative estimate of drug-likeness (QED) is 0.840. The van der Waals surface area contributed by atoms with Crippen molar-refractivity contribution in [2.24, 2.45) is 11.3 Å². The van der Waals surface area contributed by atoms with Gasteiger partial charge in [0.25, 0.3) is 0 Å². The minimum atomic E-state index is -3.58. The highest BCUT2D eigenvalue weighted by Gasteiger charge is 2.50. The molecule has 2 saturated heterocycles. The highest BCUT2D eigenvalue weighted by atomic mass is 32.2. The Bertz CT molecular complexity index is 761. The van der Waals surface area contributed by atoms with Crippen molar-refractivity contribution in [2.75, 3.05) is 53.1 Å². The lowest BCUT2D eigenvalue weighted by molar-refractivity contribution is 0.0718. The average Bonchev–Trinajstić information content (AvgIpc) is 3.01. The number of piperidine rings is 1. The summed E-state index contributed by atoms with van der Waals surface area (Å²) in [5.41, 5.74) is 0.00213. The predicted octanol–water partition coefficient (Wildman–Crippen LogP) is 1.09. The van der Waals surface area contributed by atoms with Crippen molar-refractivity contribution in [1.82, 2.24) is 9.62 Å². The number of sulfonamides is 1. The van der Waals surface area contributed by atoms with Gasteiger partial charge in [0, 0.05) is 32.2 Å². The molecular formula is C18H26N2O5S. The summed E-state index contributed by atoms with van der Waals surface area (Å²) in [5.74, 6) is 1.33. The maximum absolute atomic E-state index is 13.3. The van der Waals surface area contributed by atoms with E-state index in [1.54, 1.807) is 29.6 Å². The molecule has 26 heavy (non-hydrogen) atoms. The Morgan fingerprint density at radius 3 is 2.69 bits per heavy atom. The van der Waals surface area contributed by atoms with E-state index >= 15 is 0 Å². The molecule has 1 aromatic rings. The molecule has 0 aromatic heterocycles. The largest absolute Gasteiger partial charge is 0.486 e. The standard InChI is InChI=1S/C18H26N2O5S/c1-23-12-14-11-20(13-18(14)4-6-19-7-5-18)26(21,22)15-2-3-16-17(10-15)25-9-8-24-16/h2-3,10,14,19H,4-9,11-13H2,1H3. The summed E-state index contributed by atoms with van der Waals surface area (Å²) in [5, 5.41) is 3.38. The van der Waals surface area contributed by atoms with E-state index in [1.165, 1.54) is 0 Å². The molecule has 7 nitrogen and oxygen atoms in total. The van der Waals surface area contributed by atoms with E-state index in [0.717, 1.165) is 25.9 Å². The molecule has 1 aromatic carbocycles. The molecule has 0 amide bonds. The monoisotopic (exact) mass is 382 g/mol. The van der Waals surface area contributed by atoms with Gasteiger partial charge < -0.3 is 19.5 Å². The molecule has 4 rings (SSSR count). The van der Waals surface area contributed by atoms with Crippen molar-refractivity contribution in [1.29, 1.82) is 0 Å². The van der Waals surface area contributed by atoms with Gasteiger partial charge in [0.05, 0.1) is 11.5 Å². The molecular weight excluding hydrogens is 356 g/mol. The van der Waals surface area contributed by atoms with Crippen LogP contribution in [0, 0.1) is 11.3 Å². The van der Waals surface area contributed by atoms with Crippen molar-refractivity contribution in [2.45, 2.75) is 17.7 Å². The number of methoxy groups -OCH3 is 1. The molecule has 1 N–H and O–H groups in total. The lowest BCUT2D eigenvalue weighted by Gasteiger charge is -2.38. The normalized spacial score (nSPS) is 25.5. The second-order valence-corrected chi connectivity index (χ2v) is 9.31. The summed E-state index contributed by atoms with van der Waals surface area (Å²) in [7, 11) is -1.89. The van der Waals surface area contributed by atoms with Gasteiger partial charge in [0.2, 0.25) is 10.0 Å². The summed E-state index contributed by atoms with van der Waals surface area (Å²) in [6.07, 6.45) is 1.96. The third-order valence-electron chi connectivity index (χ3n) is 5.90. The predicted molar refractivity (Wildman–Crippen MR) is 96.1 cm³/mol. The number of hydrogen-bond donors (Lipinski definition) is 1. The van der Waals surface area contributed by atoms with E-state index in [2.05, 4.69) is 5.32 Å². The first-order chi connectivity index (χ1) is 12.5.